The summed E-state index contributed by atoms with van der Waals surface area (Å²) >= 11 is 1.85. The zero-order valence-electron chi connectivity index (χ0n) is 13.6. The molecule has 114 valence electrons. The van der Waals surface area contributed by atoms with Gasteiger partial charge in [-0.3, -0.25) is 0 Å². The molecule has 0 fully saturated rings. The molecule has 2 rings (SSSR count). The zero-order valence-corrected chi connectivity index (χ0v) is 14.4. The van der Waals surface area contributed by atoms with E-state index in [-0.39, 0.29) is 0 Å². The monoisotopic (exact) mass is 301 g/mol. The van der Waals surface area contributed by atoms with Crippen molar-refractivity contribution in [2.24, 2.45) is 5.41 Å². The third-order valence-corrected chi connectivity index (χ3v) is 4.70. The fourth-order valence-corrected chi connectivity index (χ4v) is 3.57. The minimum absolute atomic E-state index is 0.307. The maximum atomic E-state index is 3.89. The molecule has 0 radical (unpaired) electrons. The summed E-state index contributed by atoms with van der Waals surface area (Å²) in [5.74, 6) is 0. The second kappa shape index (κ2) is 7.24. The molecule has 1 aromatic carbocycles. The Kier molecular flexibility index (Phi) is 5.60. The first-order chi connectivity index (χ1) is 9.99. The molecule has 1 nitrogen and oxygen atoms in total. The Bertz CT molecular complexity index is 510. The molecule has 1 aromatic heterocycles. The van der Waals surface area contributed by atoms with Crippen LogP contribution >= 0.6 is 11.3 Å². The number of thiophene rings is 1. The van der Waals surface area contributed by atoms with E-state index in [4.69, 9.17) is 0 Å². The zero-order chi connectivity index (χ0) is 15.3. The molecule has 0 spiro atoms. The van der Waals surface area contributed by atoms with Gasteiger partial charge in [-0.1, -0.05) is 64.1 Å². The molecule has 2 heteroatoms. The van der Waals surface area contributed by atoms with Gasteiger partial charge >= 0.3 is 0 Å². The molecule has 2 aromatic rings. The molecule has 21 heavy (non-hydrogen) atoms. The van der Waals surface area contributed by atoms with Crippen LogP contribution < -0.4 is 5.32 Å². The standard InChI is InChI=1S/C19H27NS/c1-5-16(18-12-9-13-21-18)20-17(14-19(2,3)4)15-10-7-6-8-11-15/h6-13,16-17,20H,5,14H2,1-4H3. The second-order valence-electron chi connectivity index (χ2n) is 6.87. The number of hydrogen-bond acceptors (Lipinski definition) is 2. The highest BCUT2D eigenvalue weighted by molar-refractivity contribution is 7.10. The molecule has 1 heterocycles. The van der Waals surface area contributed by atoms with Crippen LogP contribution in [0.1, 0.15) is 63.1 Å². The van der Waals surface area contributed by atoms with E-state index >= 15 is 0 Å². The van der Waals surface area contributed by atoms with Crippen molar-refractivity contribution >= 4 is 11.3 Å². The maximum Gasteiger partial charge on any atom is 0.0417 e. The van der Waals surface area contributed by atoms with Crippen LogP contribution in [-0.4, -0.2) is 0 Å². The smallest absolute Gasteiger partial charge is 0.0417 e. The summed E-state index contributed by atoms with van der Waals surface area (Å²) in [5, 5.41) is 6.06. The van der Waals surface area contributed by atoms with Crippen LogP contribution in [0.25, 0.3) is 0 Å². The predicted molar refractivity (Wildman–Crippen MR) is 93.7 cm³/mol. The van der Waals surface area contributed by atoms with Gasteiger partial charge in [0, 0.05) is 17.0 Å². The molecule has 0 aliphatic heterocycles. The summed E-state index contributed by atoms with van der Waals surface area (Å²) in [5.41, 5.74) is 1.70. The highest BCUT2D eigenvalue weighted by Crippen LogP contribution is 2.33. The Morgan fingerprint density at radius 1 is 1.00 bits per heavy atom. The molecule has 0 bridgehead atoms. The number of nitrogens with one attached hydrogen (secondary N) is 1. The van der Waals surface area contributed by atoms with Crippen molar-refractivity contribution in [3.8, 4) is 0 Å². The largest absolute Gasteiger partial charge is 0.302 e. The van der Waals surface area contributed by atoms with E-state index in [0.29, 0.717) is 17.5 Å². The van der Waals surface area contributed by atoms with Gasteiger partial charge in [-0.05, 0) is 35.3 Å². The van der Waals surface area contributed by atoms with Crippen molar-refractivity contribution < 1.29 is 0 Å². The van der Waals surface area contributed by atoms with Gasteiger partial charge in [0.05, 0.1) is 0 Å². The molecule has 2 unspecified atom stereocenters. The van der Waals surface area contributed by atoms with Crippen molar-refractivity contribution in [3.05, 3.63) is 58.3 Å². The summed E-state index contributed by atoms with van der Waals surface area (Å²) in [6, 6.07) is 16.1. The van der Waals surface area contributed by atoms with Crippen LogP contribution in [0, 0.1) is 5.41 Å². The second-order valence-corrected chi connectivity index (χ2v) is 7.85. The minimum atomic E-state index is 0.307. The Hall–Kier alpha value is -1.12. The lowest BCUT2D eigenvalue weighted by Gasteiger charge is -2.30. The SMILES string of the molecule is CCC(NC(CC(C)(C)C)c1ccccc1)c1cccs1. The van der Waals surface area contributed by atoms with Crippen molar-refractivity contribution in [1.29, 1.82) is 0 Å². The van der Waals surface area contributed by atoms with Crippen LogP contribution in [0.3, 0.4) is 0 Å². The third kappa shape index (κ3) is 4.98. The lowest BCUT2D eigenvalue weighted by Crippen LogP contribution is -2.29. The number of rotatable bonds is 6. The van der Waals surface area contributed by atoms with Crippen LogP contribution in [0.4, 0.5) is 0 Å². The summed E-state index contributed by atoms with van der Waals surface area (Å²) in [7, 11) is 0. The fourth-order valence-electron chi connectivity index (χ4n) is 2.70. The van der Waals surface area contributed by atoms with Crippen molar-refractivity contribution in [2.75, 3.05) is 0 Å². The van der Waals surface area contributed by atoms with Gasteiger partial charge in [0.1, 0.15) is 0 Å². The normalized spacial score (nSPS) is 14.9. The van der Waals surface area contributed by atoms with Crippen LogP contribution in [0.5, 0.6) is 0 Å². The molecule has 2 atom stereocenters. The lowest BCUT2D eigenvalue weighted by atomic mass is 9.85. The first kappa shape index (κ1) is 16.3. The number of benzene rings is 1. The molecule has 0 aliphatic rings. The van der Waals surface area contributed by atoms with E-state index in [2.05, 4.69) is 80.9 Å². The van der Waals surface area contributed by atoms with Gasteiger partial charge in [-0.25, -0.2) is 0 Å². The molecule has 0 saturated heterocycles. The fraction of sp³-hybridized carbons (Fsp3) is 0.474. The highest BCUT2D eigenvalue weighted by Gasteiger charge is 2.23. The van der Waals surface area contributed by atoms with Crippen LogP contribution in [-0.2, 0) is 0 Å². The maximum absolute atomic E-state index is 3.89. The van der Waals surface area contributed by atoms with Gasteiger partial charge in [0.15, 0.2) is 0 Å². The quantitative estimate of drug-likeness (QED) is 0.693. The van der Waals surface area contributed by atoms with Crippen LogP contribution in [0.2, 0.25) is 0 Å². The van der Waals surface area contributed by atoms with Crippen molar-refractivity contribution in [2.45, 2.75) is 52.6 Å². The van der Waals surface area contributed by atoms with Crippen molar-refractivity contribution in [1.82, 2.24) is 5.32 Å². The Morgan fingerprint density at radius 2 is 1.71 bits per heavy atom. The van der Waals surface area contributed by atoms with E-state index in [1.165, 1.54) is 10.4 Å². The molecule has 0 aliphatic carbocycles. The van der Waals surface area contributed by atoms with Gasteiger partial charge in [0.2, 0.25) is 0 Å². The first-order valence-corrected chi connectivity index (χ1v) is 8.72. The Labute approximate surface area is 133 Å². The van der Waals surface area contributed by atoms with E-state index in [9.17, 15) is 0 Å². The van der Waals surface area contributed by atoms with Crippen molar-refractivity contribution in [3.63, 3.8) is 0 Å². The summed E-state index contributed by atoms with van der Waals surface area (Å²) < 4.78 is 0. The topological polar surface area (TPSA) is 12.0 Å². The van der Waals surface area contributed by atoms with E-state index in [0.717, 1.165) is 12.8 Å². The average Bonchev–Trinajstić information content (AvgIpc) is 2.97. The van der Waals surface area contributed by atoms with Gasteiger partial charge < -0.3 is 5.32 Å². The van der Waals surface area contributed by atoms with E-state index in [1.807, 2.05) is 11.3 Å². The molecular formula is C19H27NS. The lowest BCUT2D eigenvalue weighted by molar-refractivity contribution is 0.292. The van der Waals surface area contributed by atoms with E-state index in [1.54, 1.807) is 0 Å². The van der Waals surface area contributed by atoms with Gasteiger partial charge in [-0.2, -0.15) is 0 Å². The molecular weight excluding hydrogens is 274 g/mol. The predicted octanol–water partition coefficient (Wildman–Crippen LogP) is 5.97. The Morgan fingerprint density at radius 3 is 2.24 bits per heavy atom. The third-order valence-electron chi connectivity index (χ3n) is 3.72. The Balaban J connectivity index is 2.19. The minimum Gasteiger partial charge on any atom is -0.302 e. The molecule has 0 amide bonds. The summed E-state index contributed by atoms with van der Waals surface area (Å²) in [4.78, 5) is 1.44. The average molecular weight is 301 g/mol. The van der Waals surface area contributed by atoms with E-state index < -0.39 is 0 Å². The van der Waals surface area contributed by atoms with Crippen LogP contribution in [0.15, 0.2) is 47.8 Å². The van der Waals surface area contributed by atoms with Gasteiger partial charge in [0.25, 0.3) is 0 Å². The molecule has 0 saturated carbocycles. The molecule has 1 N–H and O–H groups in total. The summed E-state index contributed by atoms with van der Waals surface area (Å²) in [6.45, 7) is 9.21. The number of hydrogen-bond donors (Lipinski definition) is 1. The first-order valence-electron chi connectivity index (χ1n) is 7.84. The summed E-state index contributed by atoms with van der Waals surface area (Å²) in [6.07, 6.45) is 2.26. The highest BCUT2D eigenvalue weighted by atomic mass is 32.1. The van der Waals surface area contributed by atoms with Gasteiger partial charge in [-0.15, -0.1) is 11.3 Å².